The Hall–Kier alpha value is -2.31. The van der Waals surface area contributed by atoms with Gasteiger partial charge in [-0.3, -0.25) is 5.43 Å². The highest BCUT2D eigenvalue weighted by Crippen LogP contribution is 2.29. The van der Waals surface area contributed by atoms with Gasteiger partial charge in [0.2, 0.25) is 0 Å². The number of hydrogen-bond acceptors (Lipinski definition) is 4. The molecule has 0 radical (unpaired) electrons. The van der Waals surface area contributed by atoms with Gasteiger partial charge in [-0.2, -0.15) is 5.10 Å². The molecule has 0 unspecified atom stereocenters. The summed E-state index contributed by atoms with van der Waals surface area (Å²) in [5, 5.41) is 4.70. The maximum atomic E-state index is 6.14. The van der Waals surface area contributed by atoms with Gasteiger partial charge >= 0.3 is 0 Å². The number of nitrogens with zero attached hydrogens (tertiary/aromatic N) is 1. The van der Waals surface area contributed by atoms with Crippen molar-refractivity contribution in [1.29, 1.82) is 0 Å². The zero-order valence-electron chi connectivity index (χ0n) is 13.2. The molecule has 0 saturated heterocycles. The van der Waals surface area contributed by atoms with Crippen molar-refractivity contribution in [3.63, 3.8) is 0 Å². The van der Waals surface area contributed by atoms with Gasteiger partial charge in [-0.05, 0) is 49.0 Å². The minimum Gasteiger partial charge on any atom is -0.490 e. The Labute approximate surface area is 151 Å². The number of hydrogen-bond donors (Lipinski definition) is 2. The molecule has 0 atom stereocenters. The number of nitrogens with one attached hydrogen (secondary N) is 1. The molecule has 2 aromatic rings. The van der Waals surface area contributed by atoms with Gasteiger partial charge in [-0.1, -0.05) is 29.8 Å². The standard InChI is InChI=1S/C17H18ClN3O2S/c1-2-22-16-9-12(10-20-21-17(19)24)7-8-15(16)23-11-13-5-3-4-6-14(13)18/h3-10H,2,11H2,1H3,(H3,19,21,24)/b20-10-. The molecule has 2 rings (SSSR count). The van der Waals surface area contributed by atoms with Crippen LogP contribution < -0.4 is 20.6 Å². The van der Waals surface area contributed by atoms with Crippen LogP contribution >= 0.6 is 23.8 Å². The molecular weight excluding hydrogens is 346 g/mol. The quantitative estimate of drug-likeness (QED) is 0.447. The van der Waals surface area contributed by atoms with E-state index >= 15 is 0 Å². The van der Waals surface area contributed by atoms with E-state index in [0.717, 1.165) is 11.1 Å². The second-order valence-electron chi connectivity index (χ2n) is 4.75. The Balaban J connectivity index is 2.12. The van der Waals surface area contributed by atoms with E-state index in [1.807, 2.05) is 49.4 Å². The summed E-state index contributed by atoms with van der Waals surface area (Å²) in [5.74, 6) is 1.26. The van der Waals surface area contributed by atoms with Gasteiger partial charge in [0.05, 0.1) is 12.8 Å². The highest BCUT2D eigenvalue weighted by atomic mass is 35.5. The second kappa shape index (κ2) is 9.10. The van der Waals surface area contributed by atoms with E-state index in [2.05, 4.69) is 22.7 Å². The minimum absolute atomic E-state index is 0.107. The normalized spacial score (nSPS) is 10.6. The first-order valence-corrected chi connectivity index (χ1v) is 8.10. The summed E-state index contributed by atoms with van der Waals surface area (Å²) in [5.41, 5.74) is 9.56. The SMILES string of the molecule is CCOc1cc(/C=N\NC(N)=S)ccc1OCc1ccccc1Cl. The van der Waals surface area contributed by atoms with Crippen molar-refractivity contribution in [3.05, 3.63) is 58.6 Å². The first-order valence-electron chi connectivity index (χ1n) is 7.31. The van der Waals surface area contributed by atoms with Crippen molar-refractivity contribution in [2.24, 2.45) is 10.8 Å². The highest BCUT2D eigenvalue weighted by molar-refractivity contribution is 7.80. The molecule has 0 aromatic heterocycles. The number of halogens is 1. The van der Waals surface area contributed by atoms with Crippen LogP contribution in [0.1, 0.15) is 18.1 Å². The van der Waals surface area contributed by atoms with Gasteiger partial charge in [0.25, 0.3) is 0 Å². The Morgan fingerprint density at radius 3 is 2.75 bits per heavy atom. The maximum absolute atomic E-state index is 6.14. The third-order valence-electron chi connectivity index (χ3n) is 3.00. The Kier molecular flexibility index (Phi) is 6.84. The summed E-state index contributed by atoms with van der Waals surface area (Å²) < 4.78 is 11.5. The van der Waals surface area contributed by atoms with Gasteiger partial charge in [0.1, 0.15) is 6.61 Å². The van der Waals surface area contributed by atoms with E-state index in [9.17, 15) is 0 Å². The third kappa shape index (κ3) is 5.40. The molecule has 0 spiro atoms. The lowest BCUT2D eigenvalue weighted by Crippen LogP contribution is -2.23. The van der Waals surface area contributed by atoms with E-state index in [0.29, 0.717) is 29.7 Å². The van der Waals surface area contributed by atoms with E-state index < -0.39 is 0 Å². The molecule has 7 heteroatoms. The van der Waals surface area contributed by atoms with Crippen LogP contribution in [0.5, 0.6) is 11.5 Å². The number of nitrogens with two attached hydrogens (primary N) is 1. The Morgan fingerprint density at radius 1 is 1.25 bits per heavy atom. The lowest BCUT2D eigenvalue weighted by atomic mass is 10.2. The van der Waals surface area contributed by atoms with Crippen molar-refractivity contribution in [2.45, 2.75) is 13.5 Å². The Bertz CT molecular complexity index is 738. The lowest BCUT2D eigenvalue weighted by molar-refractivity contribution is 0.269. The molecule has 5 nitrogen and oxygen atoms in total. The van der Waals surface area contributed by atoms with Gasteiger partial charge in [0, 0.05) is 10.6 Å². The molecule has 0 aliphatic rings. The summed E-state index contributed by atoms with van der Waals surface area (Å²) in [6.07, 6.45) is 1.60. The van der Waals surface area contributed by atoms with Crippen molar-refractivity contribution in [2.75, 3.05) is 6.61 Å². The summed E-state index contributed by atoms with van der Waals surface area (Å²) in [6.45, 7) is 2.79. The van der Waals surface area contributed by atoms with Crippen LogP contribution in [-0.4, -0.2) is 17.9 Å². The molecule has 0 amide bonds. The number of hydrazone groups is 1. The van der Waals surface area contributed by atoms with Gasteiger partial charge < -0.3 is 15.2 Å². The molecule has 24 heavy (non-hydrogen) atoms. The van der Waals surface area contributed by atoms with Crippen molar-refractivity contribution in [1.82, 2.24) is 5.43 Å². The molecule has 0 aliphatic heterocycles. The fourth-order valence-electron chi connectivity index (χ4n) is 1.93. The molecule has 0 heterocycles. The van der Waals surface area contributed by atoms with Crippen LogP contribution in [-0.2, 0) is 6.61 Å². The van der Waals surface area contributed by atoms with Crippen LogP contribution in [0.4, 0.5) is 0 Å². The maximum Gasteiger partial charge on any atom is 0.184 e. The molecule has 126 valence electrons. The van der Waals surface area contributed by atoms with Crippen LogP contribution in [0.15, 0.2) is 47.6 Å². The molecule has 0 bridgehead atoms. The summed E-state index contributed by atoms with van der Waals surface area (Å²) in [7, 11) is 0. The topological polar surface area (TPSA) is 68.9 Å². The predicted molar refractivity (Wildman–Crippen MR) is 101 cm³/mol. The van der Waals surface area contributed by atoms with Crippen molar-refractivity contribution >= 4 is 35.1 Å². The van der Waals surface area contributed by atoms with E-state index in [1.54, 1.807) is 6.21 Å². The van der Waals surface area contributed by atoms with E-state index in [1.165, 1.54) is 0 Å². The summed E-state index contributed by atoms with van der Waals surface area (Å²) in [6, 6.07) is 13.1. The van der Waals surface area contributed by atoms with Crippen LogP contribution in [0.25, 0.3) is 0 Å². The number of ether oxygens (including phenoxy) is 2. The summed E-state index contributed by atoms with van der Waals surface area (Å²) >= 11 is 10.8. The second-order valence-corrected chi connectivity index (χ2v) is 5.60. The largest absolute Gasteiger partial charge is 0.490 e. The highest BCUT2D eigenvalue weighted by Gasteiger charge is 2.07. The van der Waals surface area contributed by atoms with Gasteiger partial charge in [-0.25, -0.2) is 0 Å². The van der Waals surface area contributed by atoms with E-state index in [4.69, 9.17) is 26.8 Å². The van der Waals surface area contributed by atoms with Crippen LogP contribution in [0.3, 0.4) is 0 Å². The van der Waals surface area contributed by atoms with Gasteiger partial charge in [-0.15, -0.1) is 0 Å². The fourth-order valence-corrected chi connectivity index (χ4v) is 2.18. The molecule has 0 aliphatic carbocycles. The van der Waals surface area contributed by atoms with Crippen LogP contribution in [0, 0.1) is 0 Å². The molecule has 3 N–H and O–H groups in total. The summed E-state index contributed by atoms with van der Waals surface area (Å²) in [4.78, 5) is 0. The zero-order valence-corrected chi connectivity index (χ0v) is 14.7. The third-order valence-corrected chi connectivity index (χ3v) is 3.46. The molecule has 2 aromatic carbocycles. The van der Waals surface area contributed by atoms with Crippen LogP contribution in [0.2, 0.25) is 5.02 Å². The predicted octanol–water partition coefficient (Wildman–Crippen LogP) is 3.48. The zero-order chi connectivity index (χ0) is 17.4. The first kappa shape index (κ1) is 18.0. The Morgan fingerprint density at radius 2 is 2.04 bits per heavy atom. The molecule has 0 fully saturated rings. The van der Waals surface area contributed by atoms with Crippen molar-refractivity contribution < 1.29 is 9.47 Å². The average molecular weight is 364 g/mol. The number of rotatable bonds is 7. The lowest BCUT2D eigenvalue weighted by Gasteiger charge is -2.13. The minimum atomic E-state index is 0.107. The molecular formula is C17H18ClN3O2S. The first-order chi connectivity index (χ1) is 11.6. The smallest absolute Gasteiger partial charge is 0.184 e. The van der Waals surface area contributed by atoms with Crippen molar-refractivity contribution in [3.8, 4) is 11.5 Å². The number of thiocarbonyl (C=S) groups is 1. The van der Waals surface area contributed by atoms with E-state index in [-0.39, 0.29) is 5.11 Å². The average Bonchev–Trinajstić information content (AvgIpc) is 2.55. The molecule has 0 saturated carbocycles. The van der Waals surface area contributed by atoms with Gasteiger partial charge in [0.15, 0.2) is 16.6 Å². The number of benzene rings is 2. The fraction of sp³-hybridized carbons (Fsp3) is 0.176. The monoisotopic (exact) mass is 363 g/mol.